The molecule has 0 spiro atoms. The molecule has 3 heterocycles. The van der Waals surface area contributed by atoms with Crippen LogP contribution >= 0.6 is 11.3 Å². The van der Waals surface area contributed by atoms with E-state index in [1.54, 1.807) is 12.4 Å². The summed E-state index contributed by atoms with van der Waals surface area (Å²) >= 11 is 1.31. The summed E-state index contributed by atoms with van der Waals surface area (Å²) in [4.78, 5) is 25.8. The van der Waals surface area contributed by atoms with Crippen molar-refractivity contribution in [3.8, 4) is 11.4 Å². The van der Waals surface area contributed by atoms with Crippen LogP contribution in [-0.4, -0.2) is 20.7 Å². The Morgan fingerprint density at radius 3 is 2.60 bits per heavy atom. The summed E-state index contributed by atoms with van der Waals surface area (Å²) in [6.45, 7) is 3.38. The van der Waals surface area contributed by atoms with Gasteiger partial charge in [-0.2, -0.15) is 0 Å². The zero-order valence-corrected chi connectivity index (χ0v) is 11.9. The number of carbonyl (C=O) groups excluding carboxylic acids is 1. The van der Waals surface area contributed by atoms with Gasteiger partial charge < -0.3 is 5.73 Å². The second-order valence-electron chi connectivity index (χ2n) is 4.45. The lowest BCUT2D eigenvalue weighted by Gasteiger charge is -2.02. The first-order valence-corrected chi connectivity index (χ1v) is 6.87. The number of carbonyl (C=O) groups is 1. The number of ketones is 1. The zero-order valence-electron chi connectivity index (χ0n) is 11.0. The summed E-state index contributed by atoms with van der Waals surface area (Å²) in [5.74, 6) is 0.573. The molecule has 0 aliphatic carbocycles. The van der Waals surface area contributed by atoms with Gasteiger partial charge in [0.05, 0.1) is 21.6 Å². The first-order valence-electron chi connectivity index (χ1n) is 6.06. The molecule has 6 heteroatoms. The van der Waals surface area contributed by atoms with E-state index in [4.69, 9.17) is 5.73 Å². The molecule has 0 atom stereocenters. The van der Waals surface area contributed by atoms with Crippen molar-refractivity contribution < 1.29 is 4.79 Å². The average Bonchev–Trinajstić information content (AvgIpc) is 2.77. The van der Waals surface area contributed by atoms with Crippen molar-refractivity contribution in [2.75, 3.05) is 5.73 Å². The fraction of sp³-hybridized carbons (Fsp3) is 0.143. The van der Waals surface area contributed by atoms with Crippen LogP contribution in [-0.2, 0) is 0 Å². The maximum absolute atomic E-state index is 11.6. The fourth-order valence-corrected chi connectivity index (χ4v) is 3.13. The minimum absolute atomic E-state index is 0.0460. The van der Waals surface area contributed by atoms with Crippen molar-refractivity contribution in [3.63, 3.8) is 0 Å². The number of pyridine rings is 1. The van der Waals surface area contributed by atoms with Gasteiger partial charge in [0.15, 0.2) is 11.6 Å². The van der Waals surface area contributed by atoms with Gasteiger partial charge >= 0.3 is 0 Å². The Morgan fingerprint density at radius 2 is 1.95 bits per heavy atom. The van der Waals surface area contributed by atoms with Gasteiger partial charge in [0.1, 0.15) is 4.83 Å². The first-order chi connectivity index (χ1) is 9.58. The van der Waals surface area contributed by atoms with Crippen molar-refractivity contribution in [2.45, 2.75) is 13.8 Å². The second-order valence-corrected chi connectivity index (χ2v) is 5.45. The highest BCUT2D eigenvalue weighted by Gasteiger charge is 2.17. The summed E-state index contributed by atoms with van der Waals surface area (Å²) in [5, 5.41) is 0.776. The first kappa shape index (κ1) is 12.7. The summed E-state index contributed by atoms with van der Waals surface area (Å²) in [6.07, 6.45) is 3.39. The van der Waals surface area contributed by atoms with Gasteiger partial charge in [0, 0.05) is 24.9 Å². The SMILES string of the molecule is CC(=O)c1sc2nc(-c3ccncc3)nc(C)c2c1N. The van der Waals surface area contributed by atoms with E-state index in [1.165, 1.54) is 18.3 Å². The Hall–Kier alpha value is -2.34. The quantitative estimate of drug-likeness (QED) is 0.732. The smallest absolute Gasteiger partial charge is 0.171 e. The maximum Gasteiger partial charge on any atom is 0.171 e. The van der Waals surface area contributed by atoms with E-state index in [0.717, 1.165) is 21.5 Å². The lowest BCUT2D eigenvalue weighted by molar-refractivity contribution is 0.102. The molecule has 0 bridgehead atoms. The van der Waals surface area contributed by atoms with E-state index in [9.17, 15) is 4.79 Å². The Kier molecular flexibility index (Phi) is 2.94. The topological polar surface area (TPSA) is 81.8 Å². The molecule has 0 aliphatic rings. The van der Waals surface area contributed by atoms with Crippen LogP contribution < -0.4 is 5.73 Å². The Labute approximate surface area is 119 Å². The van der Waals surface area contributed by atoms with E-state index >= 15 is 0 Å². The molecule has 3 rings (SSSR count). The van der Waals surface area contributed by atoms with Crippen LogP contribution in [0.5, 0.6) is 0 Å². The zero-order chi connectivity index (χ0) is 14.3. The van der Waals surface area contributed by atoms with Crippen LogP contribution in [0.15, 0.2) is 24.5 Å². The van der Waals surface area contributed by atoms with Gasteiger partial charge in [0.25, 0.3) is 0 Å². The predicted molar refractivity (Wildman–Crippen MR) is 79.8 cm³/mol. The van der Waals surface area contributed by atoms with Crippen molar-refractivity contribution in [2.24, 2.45) is 0 Å². The number of hydrogen-bond acceptors (Lipinski definition) is 6. The lowest BCUT2D eigenvalue weighted by atomic mass is 10.2. The third-order valence-electron chi connectivity index (χ3n) is 3.03. The molecule has 0 radical (unpaired) electrons. The number of anilines is 1. The Morgan fingerprint density at radius 1 is 1.25 bits per heavy atom. The highest BCUT2D eigenvalue weighted by Crippen LogP contribution is 2.35. The van der Waals surface area contributed by atoms with E-state index in [1.807, 2.05) is 19.1 Å². The number of hydrogen-bond donors (Lipinski definition) is 1. The number of Topliss-reactive ketones (excluding diaryl/α,β-unsaturated/α-hetero) is 1. The van der Waals surface area contributed by atoms with Crippen molar-refractivity contribution in [3.05, 3.63) is 35.1 Å². The molecule has 0 aromatic carbocycles. The van der Waals surface area contributed by atoms with Crippen molar-refractivity contribution >= 4 is 33.0 Å². The van der Waals surface area contributed by atoms with Gasteiger partial charge in [-0.3, -0.25) is 9.78 Å². The molecule has 0 aliphatic heterocycles. The molecule has 0 fully saturated rings. The number of nitrogens with two attached hydrogens (primary N) is 1. The normalized spacial score (nSPS) is 10.9. The number of aryl methyl sites for hydroxylation is 1. The number of rotatable bonds is 2. The van der Waals surface area contributed by atoms with Crippen molar-refractivity contribution in [1.82, 2.24) is 15.0 Å². The van der Waals surface area contributed by atoms with Crippen LogP contribution in [0.2, 0.25) is 0 Å². The summed E-state index contributed by atoms with van der Waals surface area (Å²) < 4.78 is 0. The van der Waals surface area contributed by atoms with Crippen LogP contribution in [0, 0.1) is 6.92 Å². The van der Waals surface area contributed by atoms with Crippen LogP contribution in [0.3, 0.4) is 0 Å². The standard InChI is InChI=1S/C14H12N4OS/c1-7-10-11(15)12(8(2)19)20-14(10)18-13(17-7)9-3-5-16-6-4-9/h3-6H,15H2,1-2H3. The summed E-state index contributed by atoms with van der Waals surface area (Å²) in [7, 11) is 0. The summed E-state index contributed by atoms with van der Waals surface area (Å²) in [6, 6.07) is 3.70. The van der Waals surface area contributed by atoms with Crippen molar-refractivity contribution in [1.29, 1.82) is 0 Å². The van der Waals surface area contributed by atoms with Crippen LogP contribution in [0.1, 0.15) is 22.3 Å². The van der Waals surface area contributed by atoms with E-state index in [-0.39, 0.29) is 5.78 Å². The third-order valence-corrected chi connectivity index (χ3v) is 4.23. The number of fused-ring (bicyclic) bond motifs is 1. The average molecular weight is 284 g/mol. The molecule has 20 heavy (non-hydrogen) atoms. The Bertz CT molecular complexity index is 811. The monoisotopic (exact) mass is 284 g/mol. The highest BCUT2D eigenvalue weighted by molar-refractivity contribution is 7.21. The van der Waals surface area contributed by atoms with Crippen LogP contribution in [0.4, 0.5) is 5.69 Å². The second kappa shape index (κ2) is 4.64. The molecule has 5 nitrogen and oxygen atoms in total. The largest absolute Gasteiger partial charge is 0.397 e. The molecule has 0 saturated heterocycles. The number of nitrogen functional groups attached to an aromatic ring is 1. The van der Waals surface area contributed by atoms with E-state index in [2.05, 4.69) is 15.0 Å². The molecule has 3 aromatic rings. The van der Waals surface area contributed by atoms with Gasteiger partial charge in [-0.1, -0.05) is 0 Å². The van der Waals surface area contributed by atoms with Crippen LogP contribution in [0.25, 0.3) is 21.6 Å². The molecule has 3 aromatic heterocycles. The molecular formula is C14H12N4OS. The van der Waals surface area contributed by atoms with Gasteiger partial charge in [-0.15, -0.1) is 11.3 Å². The number of thiophene rings is 1. The lowest BCUT2D eigenvalue weighted by Crippen LogP contribution is -1.96. The number of aromatic nitrogens is 3. The minimum atomic E-state index is -0.0460. The predicted octanol–water partition coefficient (Wildman–Crippen LogP) is 2.85. The highest BCUT2D eigenvalue weighted by atomic mass is 32.1. The molecule has 0 unspecified atom stereocenters. The maximum atomic E-state index is 11.6. The molecule has 0 saturated carbocycles. The Balaban J connectivity index is 2.28. The van der Waals surface area contributed by atoms with Gasteiger partial charge in [0.2, 0.25) is 0 Å². The van der Waals surface area contributed by atoms with E-state index in [0.29, 0.717) is 16.4 Å². The third kappa shape index (κ3) is 1.94. The molecule has 0 amide bonds. The van der Waals surface area contributed by atoms with E-state index < -0.39 is 0 Å². The molecule has 100 valence electrons. The summed E-state index contributed by atoms with van der Waals surface area (Å²) in [5.41, 5.74) is 8.18. The fourth-order valence-electron chi connectivity index (χ4n) is 2.09. The van der Waals surface area contributed by atoms with Gasteiger partial charge in [-0.05, 0) is 19.1 Å². The molecule has 2 N–H and O–H groups in total. The van der Waals surface area contributed by atoms with Gasteiger partial charge in [-0.25, -0.2) is 9.97 Å². The minimum Gasteiger partial charge on any atom is -0.397 e. The molecular weight excluding hydrogens is 272 g/mol. The number of nitrogens with zero attached hydrogens (tertiary/aromatic N) is 3.